The Morgan fingerprint density at radius 2 is 1.68 bits per heavy atom. The number of rotatable bonds is 7. The smallest absolute Gasteiger partial charge is 0.338 e. The van der Waals surface area contributed by atoms with Gasteiger partial charge in [-0.15, -0.1) is 0 Å². The summed E-state index contributed by atoms with van der Waals surface area (Å²) in [4.78, 5) is 24.3. The summed E-state index contributed by atoms with van der Waals surface area (Å²) in [6, 6.07) is 12.1. The van der Waals surface area contributed by atoms with Crippen LogP contribution < -0.4 is 10.1 Å². The van der Waals surface area contributed by atoms with E-state index in [0.29, 0.717) is 30.0 Å². The Morgan fingerprint density at radius 1 is 1.00 bits per heavy atom. The van der Waals surface area contributed by atoms with Gasteiger partial charge in [0.2, 0.25) is 0 Å². The lowest BCUT2D eigenvalue weighted by molar-refractivity contribution is 0.0526. The number of esters is 1. The molecule has 5 heteroatoms. The van der Waals surface area contributed by atoms with E-state index in [9.17, 15) is 9.59 Å². The summed E-state index contributed by atoms with van der Waals surface area (Å²) < 4.78 is 10.5. The molecule has 0 fully saturated rings. The summed E-state index contributed by atoms with van der Waals surface area (Å²) in [6.07, 6.45) is 0.929. The first-order valence-electron chi connectivity index (χ1n) is 8.37. The van der Waals surface area contributed by atoms with Gasteiger partial charge in [-0.2, -0.15) is 0 Å². The van der Waals surface area contributed by atoms with Crippen LogP contribution in [-0.2, 0) is 4.74 Å². The van der Waals surface area contributed by atoms with Gasteiger partial charge >= 0.3 is 5.97 Å². The second-order valence-corrected chi connectivity index (χ2v) is 5.58. The highest BCUT2D eigenvalue weighted by Crippen LogP contribution is 2.19. The summed E-state index contributed by atoms with van der Waals surface area (Å²) >= 11 is 0. The predicted octanol–water partition coefficient (Wildman–Crippen LogP) is 4.21. The molecule has 0 saturated carbocycles. The Labute approximate surface area is 148 Å². The summed E-state index contributed by atoms with van der Waals surface area (Å²) in [7, 11) is 0. The van der Waals surface area contributed by atoms with Crippen LogP contribution in [0.4, 0.5) is 5.69 Å². The fourth-order valence-corrected chi connectivity index (χ4v) is 2.22. The van der Waals surface area contributed by atoms with Crippen LogP contribution in [0.2, 0.25) is 0 Å². The van der Waals surface area contributed by atoms with E-state index in [2.05, 4.69) is 5.32 Å². The Hall–Kier alpha value is -2.82. The summed E-state index contributed by atoms with van der Waals surface area (Å²) in [6.45, 7) is 6.61. The maximum absolute atomic E-state index is 12.4. The van der Waals surface area contributed by atoms with Gasteiger partial charge < -0.3 is 14.8 Å². The van der Waals surface area contributed by atoms with Gasteiger partial charge in [-0.3, -0.25) is 4.79 Å². The number of amides is 1. The van der Waals surface area contributed by atoms with E-state index >= 15 is 0 Å². The number of benzene rings is 2. The molecule has 0 aliphatic carbocycles. The molecule has 0 radical (unpaired) electrons. The molecule has 0 saturated heterocycles. The SMILES string of the molecule is CCCOc1ccc(C(=O)Nc2cc(C(=O)OCC)ccc2C)cc1. The lowest BCUT2D eigenvalue weighted by Gasteiger charge is -2.11. The van der Waals surface area contributed by atoms with Crippen molar-refractivity contribution in [3.05, 3.63) is 59.2 Å². The van der Waals surface area contributed by atoms with E-state index in [-0.39, 0.29) is 5.91 Å². The first-order valence-corrected chi connectivity index (χ1v) is 8.37. The Morgan fingerprint density at radius 3 is 2.32 bits per heavy atom. The topological polar surface area (TPSA) is 64.6 Å². The van der Waals surface area contributed by atoms with Crippen molar-refractivity contribution in [2.45, 2.75) is 27.2 Å². The molecule has 132 valence electrons. The van der Waals surface area contributed by atoms with E-state index in [1.807, 2.05) is 13.8 Å². The van der Waals surface area contributed by atoms with Crippen LogP contribution in [0.5, 0.6) is 5.75 Å². The highest BCUT2D eigenvalue weighted by molar-refractivity contribution is 6.05. The van der Waals surface area contributed by atoms with Crippen molar-refractivity contribution in [2.75, 3.05) is 18.5 Å². The van der Waals surface area contributed by atoms with Gasteiger partial charge in [0.15, 0.2) is 0 Å². The average Bonchev–Trinajstić information content (AvgIpc) is 2.62. The summed E-state index contributed by atoms with van der Waals surface area (Å²) in [5.74, 6) is 0.0838. The minimum absolute atomic E-state index is 0.244. The van der Waals surface area contributed by atoms with Crippen molar-refractivity contribution < 1.29 is 19.1 Å². The van der Waals surface area contributed by atoms with Crippen LogP contribution >= 0.6 is 0 Å². The van der Waals surface area contributed by atoms with Crippen LogP contribution in [0.3, 0.4) is 0 Å². The Balaban J connectivity index is 2.11. The van der Waals surface area contributed by atoms with Crippen LogP contribution in [0.25, 0.3) is 0 Å². The molecule has 0 aliphatic rings. The van der Waals surface area contributed by atoms with Crippen LogP contribution in [0.1, 0.15) is 46.5 Å². The molecule has 0 unspecified atom stereocenters. The van der Waals surface area contributed by atoms with Crippen molar-refractivity contribution in [1.29, 1.82) is 0 Å². The minimum Gasteiger partial charge on any atom is -0.494 e. The van der Waals surface area contributed by atoms with Crippen molar-refractivity contribution in [2.24, 2.45) is 0 Å². The average molecular weight is 341 g/mol. The standard InChI is InChI=1S/C20H23NO4/c1-4-12-25-17-10-8-15(9-11-17)19(22)21-18-13-16(7-6-14(18)3)20(23)24-5-2/h6-11,13H,4-5,12H2,1-3H3,(H,21,22). The fraction of sp³-hybridized carbons (Fsp3) is 0.300. The maximum atomic E-state index is 12.4. The Bertz CT molecular complexity index is 738. The van der Waals surface area contributed by atoms with E-state index in [0.717, 1.165) is 17.7 Å². The van der Waals surface area contributed by atoms with E-state index in [1.54, 1.807) is 49.4 Å². The van der Waals surface area contributed by atoms with E-state index in [4.69, 9.17) is 9.47 Å². The van der Waals surface area contributed by atoms with Crippen molar-refractivity contribution >= 4 is 17.6 Å². The molecular weight excluding hydrogens is 318 g/mol. The van der Waals surface area contributed by atoms with E-state index < -0.39 is 5.97 Å². The summed E-state index contributed by atoms with van der Waals surface area (Å²) in [5, 5.41) is 2.84. The number of carbonyl (C=O) groups excluding carboxylic acids is 2. The fourth-order valence-electron chi connectivity index (χ4n) is 2.22. The predicted molar refractivity (Wildman–Crippen MR) is 97.3 cm³/mol. The number of ether oxygens (including phenoxy) is 2. The third kappa shape index (κ3) is 5.08. The first kappa shape index (κ1) is 18.5. The highest BCUT2D eigenvalue weighted by Gasteiger charge is 2.12. The molecule has 0 atom stereocenters. The second-order valence-electron chi connectivity index (χ2n) is 5.58. The summed E-state index contributed by atoms with van der Waals surface area (Å²) in [5.41, 5.74) is 2.38. The van der Waals surface area contributed by atoms with E-state index in [1.165, 1.54) is 0 Å². The molecule has 0 aliphatic heterocycles. The van der Waals surface area contributed by atoms with Crippen molar-refractivity contribution in [1.82, 2.24) is 0 Å². The zero-order chi connectivity index (χ0) is 18.2. The lowest BCUT2D eigenvalue weighted by Crippen LogP contribution is -2.14. The van der Waals surface area contributed by atoms with Gasteiger partial charge in [-0.05, 0) is 62.2 Å². The molecule has 25 heavy (non-hydrogen) atoms. The number of anilines is 1. The monoisotopic (exact) mass is 341 g/mol. The van der Waals surface area contributed by atoms with Crippen molar-refractivity contribution in [3.63, 3.8) is 0 Å². The number of hydrogen-bond acceptors (Lipinski definition) is 4. The number of aryl methyl sites for hydroxylation is 1. The van der Waals surface area contributed by atoms with Gasteiger partial charge in [0.25, 0.3) is 5.91 Å². The first-order chi connectivity index (χ1) is 12.0. The molecule has 0 heterocycles. The highest BCUT2D eigenvalue weighted by atomic mass is 16.5. The largest absolute Gasteiger partial charge is 0.494 e. The number of carbonyl (C=O) groups is 2. The second kappa shape index (κ2) is 8.87. The molecule has 2 aromatic carbocycles. The van der Waals surface area contributed by atoms with Crippen LogP contribution in [0, 0.1) is 6.92 Å². The molecule has 1 amide bonds. The molecule has 2 aromatic rings. The third-order valence-electron chi connectivity index (χ3n) is 3.59. The van der Waals surface area contributed by atoms with Crippen LogP contribution in [0.15, 0.2) is 42.5 Å². The zero-order valence-electron chi connectivity index (χ0n) is 14.8. The van der Waals surface area contributed by atoms with Gasteiger partial charge in [-0.25, -0.2) is 4.79 Å². The molecule has 1 N–H and O–H groups in total. The molecule has 5 nitrogen and oxygen atoms in total. The van der Waals surface area contributed by atoms with Gasteiger partial charge in [0.05, 0.1) is 18.8 Å². The quantitative estimate of drug-likeness (QED) is 0.766. The Kier molecular flexibility index (Phi) is 6.57. The molecule has 0 bridgehead atoms. The normalized spacial score (nSPS) is 10.2. The zero-order valence-corrected chi connectivity index (χ0v) is 14.8. The maximum Gasteiger partial charge on any atom is 0.338 e. The molecule has 2 rings (SSSR count). The molecule has 0 aromatic heterocycles. The molecular formula is C20H23NO4. The van der Waals surface area contributed by atoms with Gasteiger partial charge in [-0.1, -0.05) is 13.0 Å². The van der Waals surface area contributed by atoms with Gasteiger partial charge in [0.1, 0.15) is 5.75 Å². The number of hydrogen-bond donors (Lipinski definition) is 1. The lowest BCUT2D eigenvalue weighted by atomic mass is 10.1. The molecule has 0 spiro atoms. The van der Waals surface area contributed by atoms with Gasteiger partial charge in [0, 0.05) is 11.3 Å². The third-order valence-corrected chi connectivity index (χ3v) is 3.59. The number of nitrogens with one attached hydrogen (secondary N) is 1. The van der Waals surface area contributed by atoms with Crippen molar-refractivity contribution in [3.8, 4) is 5.75 Å². The minimum atomic E-state index is -0.407. The van der Waals surface area contributed by atoms with Crippen LogP contribution in [-0.4, -0.2) is 25.1 Å².